The summed E-state index contributed by atoms with van der Waals surface area (Å²) in [4.78, 5) is 0. The fourth-order valence-electron chi connectivity index (χ4n) is 5.34. The Hall–Kier alpha value is -1.44. The zero-order valence-electron chi connectivity index (χ0n) is 18.1. The molecule has 0 saturated heterocycles. The fraction of sp³-hybridized carbons (Fsp3) is 0.143. The van der Waals surface area contributed by atoms with Crippen LogP contribution < -0.4 is 24.8 Å². The monoisotopic (exact) mass is 548 g/mol. The first-order valence-electron chi connectivity index (χ1n) is 10.8. The molecule has 0 spiro atoms. The van der Waals surface area contributed by atoms with Crippen LogP contribution in [-0.2, 0) is 20.4 Å². The van der Waals surface area contributed by atoms with Crippen LogP contribution in [-0.4, -0.2) is 5.43 Å². The van der Waals surface area contributed by atoms with Gasteiger partial charge in [0.15, 0.2) is 0 Å². The van der Waals surface area contributed by atoms with Crippen molar-refractivity contribution in [1.82, 2.24) is 0 Å². The molecule has 4 aromatic rings. The van der Waals surface area contributed by atoms with E-state index in [9.17, 15) is 0 Å². The van der Waals surface area contributed by atoms with Gasteiger partial charge < -0.3 is 24.8 Å². The van der Waals surface area contributed by atoms with E-state index in [1.165, 1.54) is 32.7 Å². The molecule has 0 amide bonds. The number of benzene rings is 4. The van der Waals surface area contributed by atoms with Gasteiger partial charge in [0.2, 0.25) is 0 Å². The first-order chi connectivity index (χ1) is 14.7. The molecule has 2 aliphatic carbocycles. The summed E-state index contributed by atoms with van der Waals surface area (Å²) < 4.78 is 1.39. The first kappa shape index (κ1) is 23.7. The van der Waals surface area contributed by atoms with Crippen LogP contribution in [0.4, 0.5) is 0 Å². The minimum absolute atomic E-state index is 0. The molecule has 32 heavy (non-hydrogen) atoms. The molecule has 2 unspecified atom stereocenters. The zero-order chi connectivity index (χ0) is 20.2. The molecule has 0 N–H and O–H groups in total. The SMILES string of the molecule is C[Si](C)=[Zr+2]([CH]1C=Cc2cc3ccccc3cc21)[CH]1C=Cc2cc3ccccc3cc21.[Cl-].[Cl-]. The van der Waals surface area contributed by atoms with Gasteiger partial charge in [0.05, 0.1) is 0 Å². The average molecular weight is 551 g/mol. The molecule has 4 heteroatoms. The largest absolute Gasteiger partial charge is 1.00 e. The van der Waals surface area contributed by atoms with Gasteiger partial charge in [0.1, 0.15) is 0 Å². The van der Waals surface area contributed by atoms with Gasteiger partial charge in [-0.2, -0.15) is 0 Å². The van der Waals surface area contributed by atoms with Gasteiger partial charge in [-0.15, -0.1) is 0 Å². The van der Waals surface area contributed by atoms with Crippen LogP contribution >= 0.6 is 0 Å². The minimum atomic E-state index is -1.85. The van der Waals surface area contributed by atoms with Crippen LogP contribution in [0.3, 0.4) is 0 Å². The topological polar surface area (TPSA) is 0 Å². The molecule has 0 aromatic heterocycles. The van der Waals surface area contributed by atoms with Crippen LogP contribution in [0.15, 0.2) is 84.9 Å². The van der Waals surface area contributed by atoms with Crippen LogP contribution in [0.1, 0.15) is 29.5 Å². The number of fused-ring (bicyclic) bond motifs is 4. The van der Waals surface area contributed by atoms with E-state index in [-0.39, 0.29) is 30.2 Å². The van der Waals surface area contributed by atoms with E-state index in [2.05, 4.69) is 110 Å². The second-order valence-corrected chi connectivity index (χ2v) is 26.9. The van der Waals surface area contributed by atoms with Crippen molar-refractivity contribution in [3.05, 3.63) is 107 Å². The Morgan fingerprint density at radius 3 is 1.34 bits per heavy atom. The van der Waals surface area contributed by atoms with Crippen LogP contribution in [0, 0.1) is 0 Å². The van der Waals surface area contributed by atoms with E-state index >= 15 is 0 Å². The molecule has 158 valence electrons. The Bertz CT molecular complexity index is 1330. The average Bonchev–Trinajstić information content (AvgIpc) is 3.35. The number of rotatable bonds is 2. The summed E-state index contributed by atoms with van der Waals surface area (Å²) in [7, 11) is 0. The van der Waals surface area contributed by atoms with Crippen molar-refractivity contribution >= 4 is 39.1 Å². The molecule has 4 aromatic carbocycles. The van der Waals surface area contributed by atoms with Gasteiger partial charge >= 0.3 is 187 Å². The second kappa shape index (κ2) is 9.43. The predicted octanol–water partition coefficient (Wildman–Crippen LogP) is 1.71. The summed E-state index contributed by atoms with van der Waals surface area (Å²) in [5, 5.41) is 5.51. The molecule has 0 nitrogen and oxygen atoms in total. The second-order valence-electron chi connectivity index (χ2n) is 8.79. The van der Waals surface area contributed by atoms with Gasteiger partial charge in [0, 0.05) is 0 Å². The van der Waals surface area contributed by atoms with Crippen molar-refractivity contribution in [2.45, 2.75) is 20.3 Å². The van der Waals surface area contributed by atoms with E-state index in [1.54, 1.807) is 11.1 Å². The Labute approximate surface area is 210 Å². The van der Waals surface area contributed by atoms with Gasteiger partial charge in [-0.1, -0.05) is 0 Å². The van der Waals surface area contributed by atoms with E-state index in [1.807, 2.05) is 0 Å². The Kier molecular flexibility index (Phi) is 6.99. The maximum atomic E-state index is 2.58. The molecule has 0 heterocycles. The summed E-state index contributed by atoms with van der Waals surface area (Å²) in [6.07, 6.45) is 9.97. The molecule has 2 aliphatic rings. The zero-order valence-corrected chi connectivity index (χ0v) is 23.1. The predicted molar refractivity (Wildman–Crippen MR) is 129 cm³/mol. The molecule has 0 radical (unpaired) electrons. The molecule has 0 bridgehead atoms. The van der Waals surface area contributed by atoms with E-state index < -0.39 is 20.4 Å². The third kappa shape index (κ3) is 3.90. The summed E-state index contributed by atoms with van der Waals surface area (Å²) in [5.74, 6) is 0. The van der Waals surface area contributed by atoms with Crippen LogP contribution in [0.5, 0.6) is 0 Å². The Morgan fingerprint density at radius 1 is 0.594 bits per heavy atom. The van der Waals surface area contributed by atoms with Gasteiger partial charge in [0.25, 0.3) is 0 Å². The summed E-state index contributed by atoms with van der Waals surface area (Å²) in [6, 6.07) is 27.5. The van der Waals surface area contributed by atoms with Crippen LogP contribution in [0.2, 0.25) is 13.1 Å². The first-order valence-corrected chi connectivity index (χ1v) is 19.8. The molecule has 6 rings (SSSR count). The normalized spacial score (nSPS) is 17.3. The standard InChI is InChI=1S/2C13H9.C2H6Si.2ClH.Zr/c2*1-2-5-11-9-13-7-3-6-12(13)8-10(11)4-1;1-3-2;;;/h2*1-9H;1-2H3;2*1H;/q;;;;;+2/p-2. The number of hydrogen-bond donors (Lipinski definition) is 0. The molecule has 2 atom stereocenters. The van der Waals surface area contributed by atoms with Crippen molar-refractivity contribution in [3.8, 4) is 0 Å². The van der Waals surface area contributed by atoms with Crippen molar-refractivity contribution in [1.29, 1.82) is 0 Å². The van der Waals surface area contributed by atoms with E-state index in [0.29, 0.717) is 7.25 Å². The van der Waals surface area contributed by atoms with Crippen molar-refractivity contribution in [3.63, 3.8) is 0 Å². The van der Waals surface area contributed by atoms with Crippen molar-refractivity contribution in [2.75, 3.05) is 0 Å². The molecule has 0 fully saturated rings. The number of hydrogen-bond acceptors (Lipinski definition) is 0. The fourth-order valence-corrected chi connectivity index (χ4v) is 24.1. The third-order valence-corrected chi connectivity index (χ3v) is 25.9. The van der Waals surface area contributed by atoms with Gasteiger partial charge in [-0.3, -0.25) is 0 Å². The smallest absolute Gasteiger partial charge is 1.00 e. The summed E-state index contributed by atoms with van der Waals surface area (Å²) >= 11 is -1.85. The quantitative estimate of drug-likeness (QED) is 0.334. The maximum absolute atomic E-state index is 2.58. The maximum Gasteiger partial charge on any atom is -1.00 e. The van der Waals surface area contributed by atoms with E-state index in [4.69, 9.17) is 0 Å². The summed E-state index contributed by atoms with van der Waals surface area (Å²) in [5.41, 5.74) is 5.80. The number of halogens is 2. The third-order valence-electron chi connectivity index (χ3n) is 6.76. The van der Waals surface area contributed by atoms with Crippen LogP contribution in [0.25, 0.3) is 33.7 Å². The summed E-state index contributed by atoms with van der Waals surface area (Å²) in [6.45, 7) is 5.17. The van der Waals surface area contributed by atoms with E-state index in [0.717, 1.165) is 0 Å². The van der Waals surface area contributed by atoms with Gasteiger partial charge in [-0.05, 0) is 0 Å². The Balaban J connectivity index is 0.00000122. The Morgan fingerprint density at radius 2 is 0.969 bits per heavy atom. The molecular weight excluding hydrogens is 527 g/mol. The molecule has 0 saturated carbocycles. The van der Waals surface area contributed by atoms with Gasteiger partial charge in [-0.25, -0.2) is 0 Å². The van der Waals surface area contributed by atoms with Crippen molar-refractivity contribution < 1.29 is 45.2 Å². The molecule has 0 aliphatic heterocycles. The molecular formula is C28H24Cl2SiZr. The number of allylic oxidation sites excluding steroid dienone is 2. The minimum Gasteiger partial charge on any atom is -1.00 e. The van der Waals surface area contributed by atoms with Crippen molar-refractivity contribution in [2.24, 2.45) is 0 Å².